The van der Waals surface area contributed by atoms with Crippen molar-refractivity contribution in [2.24, 2.45) is 0 Å². The van der Waals surface area contributed by atoms with E-state index in [2.05, 4.69) is 128 Å². The molecule has 1 heteroatoms. The number of rotatable bonds is 2. The topological polar surface area (TPSA) is 20.2 Å². The Morgan fingerprint density at radius 3 is 1.27 bits per heavy atom. The first-order valence-electron chi connectivity index (χ1n) is 18.2. The molecule has 0 radical (unpaired) electrons. The molecule has 0 amide bonds. The fourth-order valence-corrected chi connectivity index (χ4v) is 10.4. The van der Waals surface area contributed by atoms with Gasteiger partial charge in [-0.05, 0) is 194 Å². The number of benzene rings is 6. The first-order valence-corrected chi connectivity index (χ1v) is 18.2. The van der Waals surface area contributed by atoms with Crippen molar-refractivity contribution in [1.82, 2.24) is 0 Å². The van der Waals surface area contributed by atoms with Crippen LogP contribution in [0.25, 0.3) is 54.6 Å². The summed E-state index contributed by atoms with van der Waals surface area (Å²) < 4.78 is 0. The predicted molar refractivity (Wildman–Crippen MR) is 208 cm³/mol. The van der Waals surface area contributed by atoms with E-state index in [1.165, 1.54) is 116 Å². The number of fused-ring (bicyclic) bond motifs is 4. The zero-order valence-corrected chi connectivity index (χ0v) is 31.9. The molecule has 6 aromatic carbocycles. The number of aromatic hydroxyl groups is 1. The summed E-state index contributed by atoms with van der Waals surface area (Å²) in [6, 6.07) is 10.2. The van der Waals surface area contributed by atoms with Crippen LogP contribution in [0.3, 0.4) is 0 Å². The molecule has 0 unspecified atom stereocenters. The van der Waals surface area contributed by atoms with E-state index in [9.17, 15) is 5.11 Å². The van der Waals surface area contributed by atoms with Crippen LogP contribution in [0.1, 0.15) is 140 Å². The minimum Gasteiger partial charge on any atom is -0.507 e. The molecule has 0 bridgehead atoms. The van der Waals surface area contributed by atoms with Gasteiger partial charge in [-0.2, -0.15) is 0 Å². The Hall–Kier alpha value is -3.84. The Labute approximate surface area is 287 Å². The van der Waals surface area contributed by atoms with Gasteiger partial charge in [0.25, 0.3) is 0 Å². The van der Waals surface area contributed by atoms with E-state index in [0.29, 0.717) is 17.6 Å². The molecule has 0 atom stereocenters. The maximum absolute atomic E-state index is 12.0. The highest BCUT2D eigenvalue weighted by Crippen LogP contribution is 2.61. The van der Waals surface area contributed by atoms with Crippen LogP contribution in [0.15, 0.2) is 24.3 Å². The molecule has 1 nitrogen and oxygen atoms in total. The standard InChI is InChI=1S/C47H52O/c1-20(2)29-18-35-39-33(37-25(8)22(5)23(6)27(10)43(37)46(35,12)13)16-31-30(21(3)4)19-36-40-34(17-32(29)41(39)42(31)40)38-26(9)24(7)28(11)45(48)44(38)47(36,14)15/h16-21,48H,1-15H3. The summed E-state index contributed by atoms with van der Waals surface area (Å²) in [4.78, 5) is 0. The van der Waals surface area contributed by atoms with Crippen LogP contribution in [0.2, 0.25) is 0 Å². The van der Waals surface area contributed by atoms with Gasteiger partial charge >= 0.3 is 0 Å². The molecule has 0 spiro atoms. The Balaban J connectivity index is 1.74. The third kappa shape index (κ3) is 3.44. The van der Waals surface area contributed by atoms with Gasteiger partial charge in [-0.1, -0.05) is 67.5 Å². The Kier molecular flexibility index (Phi) is 6.18. The van der Waals surface area contributed by atoms with E-state index in [1.54, 1.807) is 0 Å². The summed E-state index contributed by atoms with van der Waals surface area (Å²) in [5, 5.41) is 20.4. The fourth-order valence-electron chi connectivity index (χ4n) is 10.4. The summed E-state index contributed by atoms with van der Waals surface area (Å²) >= 11 is 0. The predicted octanol–water partition coefficient (Wildman–Crippen LogP) is 13.3. The van der Waals surface area contributed by atoms with Gasteiger partial charge in [0.05, 0.1) is 0 Å². The smallest absolute Gasteiger partial charge is 0.123 e. The largest absolute Gasteiger partial charge is 0.507 e. The molecule has 6 aromatic rings. The first-order chi connectivity index (χ1) is 22.3. The van der Waals surface area contributed by atoms with Crippen LogP contribution in [0.4, 0.5) is 0 Å². The SMILES string of the molecule is Cc1c(C)c(C)c2c(c1C)-c1cc3c(C(C)C)cc4c5c(cc6c(C(C)C)cc(c1c6c35)C2(C)C)-c1c(C)c(C)c(C)c(O)c1C4(C)C. The number of hydrogen-bond donors (Lipinski definition) is 1. The molecule has 48 heavy (non-hydrogen) atoms. The minimum absolute atomic E-state index is 0.145. The lowest BCUT2D eigenvalue weighted by atomic mass is 9.61. The minimum atomic E-state index is -0.362. The van der Waals surface area contributed by atoms with Gasteiger partial charge in [0.15, 0.2) is 0 Å². The third-order valence-corrected chi connectivity index (χ3v) is 13.6. The average molecular weight is 633 g/mol. The third-order valence-electron chi connectivity index (χ3n) is 13.6. The van der Waals surface area contributed by atoms with Crippen LogP contribution >= 0.6 is 0 Å². The molecule has 0 saturated heterocycles. The number of hydrogen-bond acceptors (Lipinski definition) is 1. The van der Waals surface area contributed by atoms with Gasteiger partial charge in [0.1, 0.15) is 5.75 Å². The summed E-state index contributed by atoms with van der Waals surface area (Å²) in [5.74, 6) is 1.17. The van der Waals surface area contributed by atoms with Crippen molar-refractivity contribution in [3.05, 3.63) is 96.6 Å². The second-order valence-corrected chi connectivity index (χ2v) is 17.3. The van der Waals surface area contributed by atoms with E-state index < -0.39 is 0 Å². The highest BCUT2D eigenvalue weighted by Gasteiger charge is 2.43. The molecule has 0 fully saturated rings. The molecule has 1 N–H and O–H groups in total. The molecule has 8 rings (SSSR count). The van der Waals surface area contributed by atoms with Crippen molar-refractivity contribution >= 4 is 32.3 Å². The van der Waals surface area contributed by atoms with E-state index in [4.69, 9.17) is 0 Å². The van der Waals surface area contributed by atoms with Crippen molar-refractivity contribution in [2.75, 3.05) is 0 Å². The second-order valence-electron chi connectivity index (χ2n) is 17.3. The second kappa shape index (κ2) is 9.44. The van der Waals surface area contributed by atoms with Gasteiger partial charge in [0.2, 0.25) is 0 Å². The number of phenols is 1. The molecule has 0 aromatic heterocycles. The zero-order chi connectivity index (χ0) is 34.8. The van der Waals surface area contributed by atoms with Crippen LogP contribution in [-0.4, -0.2) is 5.11 Å². The Bertz CT molecular complexity index is 2280. The Morgan fingerprint density at radius 1 is 0.458 bits per heavy atom. The average Bonchev–Trinajstić information content (AvgIpc) is 3.02. The first kappa shape index (κ1) is 31.4. The summed E-state index contributed by atoms with van der Waals surface area (Å²) in [6.07, 6.45) is 0. The van der Waals surface area contributed by atoms with Crippen LogP contribution in [-0.2, 0) is 10.8 Å². The quantitative estimate of drug-likeness (QED) is 0.188. The normalized spacial score (nSPS) is 15.8. The van der Waals surface area contributed by atoms with Crippen LogP contribution in [0.5, 0.6) is 5.75 Å². The maximum Gasteiger partial charge on any atom is 0.123 e. The van der Waals surface area contributed by atoms with E-state index in [1.807, 2.05) is 0 Å². The molecule has 0 saturated carbocycles. The summed E-state index contributed by atoms with van der Waals surface area (Å²) in [7, 11) is 0. The van der Waals surface area contributed by atoms with Gasteiger partial charge < -0.3 is 5.11 Å². The van der Waals surface area contributed by atoms with Gasteiger partial charge in [-0.15, -0.1) is 0 Å². The zero-order valence-electron chi connectivity index (χ0n) is 31.9. The maximum atomic E-state index is 12.0. The van der Waals surface area contributed by atoms with E-state index in [0.717, 1.165) is 11.1 Å². The van der Waals surface area contributed by atoms with Crippen molar-refractivity contribution in [3.8, 4) is 28.0 Å². The molecule has 2 aliphatic carbocycles. The molecular formula is C47H52O. The van der Waals surface area contributed by atoms with Crippen molar-refractivity contribution in [1.29, 1.82) is 0 Å². The van der Waals surface area contributed by atoms with Gasteiger partial charge in [-0.3, -0.25) is 0 Å². The monoisotopic (exact) mass is 632 g/mol. The lowest BCUT2D eigenvalue weighted by Gasteiger charge is -2.42. The molecule has 246 valence electrons. The highest BCUT2D eigenvalue weighted by molar-refractivity contribution is 6.33. The van der Waals surface area contributed by atoms with Gasteiger partial charge in [0, 0.05) is 16.4 Å². The fraction of sp³-hybridized carbons (Fsp3) is 0.404. The molecule has 2 aliphatic rings. The molecule has 0 heterocycles. The summed E-state index contributed by atoms with van der Waals surface area (Å²) in [5.41, 5.74) is 22.3. The summed E-state index contributed by atoms with van der Waals surface area (Å²) in [6.45, 7) is 35.0. The lowest BCUT2D eigenvalue weighted by molar-refractivity contribution is 0.449. The van der Waals surface area contributed by atoms with Gasteiger partial charge in [-0.25, -0.2) is 0 Å². The van der Waals surface area contributed by atoms with Crippen molar-refractivity contribution < 1.29 is 5.11 Å². The van der Waals surface area contributed by atoms with Crippen molar-refractivity contribution in [3.63, 3.8) is 0 Å². The van der Waals surface area contributed by atoms with Crippen molar-refractivity contribution in [2.45, 2.75) is 127 Å². The van der Waals surface area contributed by atoms with Crippen LogP contribution in [0, 0.1) is 48.5 Å². The number of phenolic OH excluding ortho intramolecular Hbond substituents is 1. The highest BCUT2D eigenvalue weighted by atomic mass is 16.3. The Morgan fingerprint density at radius 2 is 0.833 bits per heavy atom. The van der Waals surface area contributed by atoms with Crippen LogP contribution < -0.4 is 0 Å². The lowest BCUT2D eigenvalue weighted by Crippen LogP contribution is -2.28. The van der Waals surface area contributed by atoms with E-state index in [-0.39, 0.29) is 10.8 Å². The molecular weight excluding hydrogens is 581 g/mol. The molecule has 0 aliphatic heterocycles. The van der Waals surface area contributed by atoms with E-state index >= 15 is 0 Å².